The van der Waals surface area contributed by atoms with Crippen molar-refractivity contribution in [2.45, 2.75) is 13.0 Å². The van der Waals surface area contributed by atoms with Gasteiger partial charge in [-0.1, -0.05) is 12.1 Å². The Morgan fingerprint density at radius 2 is 2.29 bits per heavy atom. The minimum Gasteiger partial charge on any atom is -0.383 e. The fourth-order valence-electron chi connectivity index (χ4n) is 1.23. The van der Waals surface area contributed by atoms with Crippen molar-refractivity contribution in [1.29, 1.82) is 0 Å². The number of hydrazine groups is 1. The maximum absolute atomic E-state index is 13.2. The molecular formula is C10H15FN2O. The molecule has 0 heterocycles. The van der Waals surface area contributed by atoms with E-state index in [-0.39, 0.29) is 11.9 Å². The Morgan fingerprint density at radius 1 is 1.57 bits per heavy atom. The maximum atomic E-state index is 13.2. The smallest absolute Gasteiger partial charge is 0.126 e. The van der Waals surface area contributed by atoms with Gasteiger partial charge in [0, 0.05) is 7.11 Å². The number of aryl methyl sites for hydroxylation is 1. The monoisotopic (exact) mass is 198 g/mol. The van der Waals surface area contributed by atoms with Gasteiger partial charge in [0.25, 0.3) is 0 Å². The number of hydrogen-bond donors (Lipinski definition) is 2. The lowest BCUT2D eigenvalue weighted by molar-refractivity contribution is 0.167. The van der Waals surface area contributed by atoms with E-state index in [2.05, 4.69) is 5.43 Å². The fourth-order valence-corrected chi connectivity index (χ4v) is 1.23. The highest BCUT2D eigenvalue weighted by Gasteiger charge is 2.10. The van der Waals surface area contributed by atoms with Crippen LogP contribution in [0.5, 0.6) is 0 Å². The highest BCUT2D eigenvalue weighted by atomic mass is 19.1. The molecule has 3 nitrogen and oxygen atoms in total. The molecule has 0 amide bonds. The van der Waals surface area contributed by atoms with Crippen LogP contribution >= 0.6 is 0 Å². The van der Waals surface area contributed by atoms with Crippen LogP contribution in [0.3, 0.4) is 0 Å². The molecule has 78 valence electrons. The van der Waals surface area contributed by atoms with E-state index >= 15 is 0 Å². The quantitative estimate of drug-likeness (QED) is 0.566. The number of nitrogens with two attached hydrogens (primary N) is 1. The summed E-state index contributed by atoms with van der Waals surface area (Å²) in [5.41, 5.74) is 3.99. The summed E-state index contributed by atoms with van der Waals surface area (Å²) in [6.07, 6.45) is 0. The highest BCUT2D eigenvalue weighted by Crippen LogP contribution is 2.16. The Morgan fingerprint density at radius 3 is 2.79 bits per heavy atom. The molecule has 14 heavy (non-hydrogen) atoms. The van der Waals surface area contributed by atoms with Crippen molar-refractivity contribution in [3.8, 4) is 0 Å². The second kappa shape index (κ2) is 5.05. The van der Waals surface area contributed by atoms with Gasteiger partial charge in [-0.15, -0.1) is 0 Å². The zero-order valence-electron chi connectivity index (χ0n) is 8.38. The molecule has 0 spiro atoms. The maximum Gasteiger partial charge on any atom is 0.126 e. The Hall–Kier alpha value is -0.970. The summed E-state index contributed by atoms with van der Waals surface area (Å²) in [7, 11) is 1.58. The summed E-state index contributed by atoms with van der Waals surface area (Å²) in [5, 5.41) is 0. The van der Waals surface area contributed by atoms with Gasteiger partial charge in [-0.2, -0.15) is 0 Å². The predicted molar refractivity (Wildman–Crippen MR) is 53.1 cm³/mol. The molecule has 4 heteroatoms. The summed E-state index contributed by atoms with van der Waals surface area (Å²) in [6.45, 7) is 2.14. The third-order valence-corrected chi connectivity index (χ3v) is 2.13. The normalized spacial score (nSPS) is 12.9. The van der Waals surface area contributed by atoms with Crippen LogP contribution in [0, 0.1) is 12.7 Å². The molecule has 0 aromatic heterocycles. The number of ether oxygens (including phenoxy) is 1. The van der Waals surface area contributed by atoms with Gasteiger partial charge in [-0.3, -0.25) is 11.3 Å². The van der Waals surface area contributed by atoms with Gasteiger partial charge in [0.2, 0.25) is 0 Å². The number of benzene rings is 1. The standard InChI is InChI=1S/C10H15FN2O/c1-7-3-4-8(5-9(7)11)10(13-12)6-14-2/h3-5,10,13H,6,12H2,1-2H3. The van der Waals surface area contributed by atoms with Crippen LogP contribution in [0.4, 0.5) is 4.39 Å². The minimum atomic E-state index is -0.223. The summed E-state index contributed by atoms with van der Waals surface area (Å²) in [4.78, 5) is 0. The molecule has 0 fully saturated rings. The third-order valence-electron chi connectivity index (χ3n) is 2.13. The van der Waals surface area contributed by atoms with E-state index in [0.717, 1.165) is 5.56 Å². The Balaban J connectivity index is 2.88. The first-order valence-corrected chi connectivity index (χ1v) is 4.40. The molecule has 0 saturated heterocycles. The molecule has 1 atom stereocenters. The molecule has 0 radical (unpaired) electrons. The number of nitrogens with one attached hydrogen (secondary N) is 1. The molecule has 1 aromatic rings. The zero-order chi connectivity index (χ0) is 10.6. The van der Waals surface area contributed by atoms with Crippen molar-refractivity contribution >= 4 is 0 Å². The van der Waals surface area contributed by atoms with Crippen LogP contribution in [0.2, 0.25) is 0 Å². The van der Waals surface area contributed by atoms with Crippen LogP contribution in [0.15, 0.2) is 18.2 Å². The van der Waals surface area contributed by atoms with Gasteiger partial charge in [-0.05, 0) is 24.1 Å². The van der Waals surface area contributed by atoms with Gasteiger partial charge in [0.1, 0.15) is 5.82 Å². The average Bonchev–Trinajstić information content (AvgIpc) is 2.19. The van der Waals surface area contributed by atoms with Gasteiger partial charge in [0.05, 0.1) is 12.6 Å². The molecule has 0 saturated carbocycles. The van der Waals surface area contributed by atoms with Crippen LogP contribution in [0.1, 0.15) is 17.2 Å². The molecule has 1 aromatic carbocycles. The SMILES string of the molecule is COCC(NN)c1ccc(C)c(F)c1. The fraction of sp³-hybridized carbons (Fsp3) is 0.400. The van der Waals surface area contributed by atoms with E-state index in [9.17, 15) is 4.39 Å². The van der Waals surface area contributed by atoms with Gasteiger partial charge in [-0.25, -0.2) is 4.39 Å². The Bertz CT molecular complexity index is 304. The second-order valence-corrected chi connectivity index (χ2v) is 3.18. The number of halogens is 1. The van der Waals surface area contributed by atoms with Crippen molar-refractivity contribution in [2.75, 3.05) is 13.7 Å². The summed E-state index contributed by atoms with van der Waals surface area (Å²) < 4.78 is 18.2. The molecule has 1 rings (SSSR count). The van der Waals surface area contributed by atoms with E-state index in [1.807, 2.05) is 6.07 Å². The van der Waals surface area contributed by atoms with Crippen LogP contribution in [-0.4, -0.2) is 13.7 Å². The number of hydrogen-bond acceptors (Lipinski definition) is 3. The lowest BCUT2D eigenvalue weighted by Crippen LogP contribution is -2.31. The van der Waals surface area contributed by atoms with Gasteiger partial charge >= 0.3 is 0 Å². The Kier molecular flexibility index (Phi) is 4.00. The lowest BCUT2D eigenvalue weighted by atomic mass is 10.1. The largest absolute Gasteiger partial charge is 0.383 e. The molecular weight excluding hydrogens is 183 g/mol. The average molecular weight is 198 g/mol. The van der Waals surface area contributed by atoms with Crippen molar-refractivity contribution in [2.24, 2.45) is 5.84 Å². The number of rotatable bonds is 4. The van der Waals surface area contributed by atoms with E-state index in [4.69, 9.17) is 10.6 Å². The summed E-state index contributed by atoms with van der Waals surface area (Å²) in [6, 6.07) is 4.86. The topological polar surface area (TPSA) is 47.3 Å². The first-order chi connectivity index (χ1) is 6.69. The summed E-state index contributed by atoms with van der Waals surface area (Å²) >= 11 is 0. The summed E-state index contributed by atoms with van der Waals surface area (Å²) in [5.74, 6) is 5.10. The van der Waals surface area contributed by atoms with Crippen LogP contribution < -0.4 is 11.3 Å². The van der Waals surface area contributed by atoms with Crippen molar-refractivity contribution < 1.29 is 9.13 Å². The van der Waals surface area contributed by atoms with Crippen LogP contribution in [0.25, 0.3) is 0 Å². The van der Waals surface area contributed by atoms with E-state index in [0.29, 0.717) is 12.2 Å². The molecule has 0 aliphatic rings. The van der Waals surface area contributed by atoms with E-state index in [1.54, 1.807) is 20.1 Å². The van der Waals surface area contributed by atoms with Crippen molar-refractivity contribution in [3.05, 3.63) is 35.1 Å². The first kappa shape index (κ1) is 11.1. The zero-order valence-corrected chi connectivity index (χ0v) is 8.38. The third kappa shape index (κ3) is 2.51. The highest BCUT2D eigenvalue weighted by molar-refractivity contribution is 5.25. The van der Waals surface area contributed by atoms with Crippen LogP contribution in [-0.2, 0) is 4.74 Å². The Labute approximate surface area is 83.0 Å². The van der Waals surface area contributed by atoms with E-state index < -0.39 is 0 Å². The number of methoxy groups -OCH3 is 1. The predicted octanol–water partition coefficient (Wildman–Crippen LogP) is 1.28. The second-order valence-electron chi connectivity index (χ2n) is 3.18. The lowest BCUT2D eigenvalue weighted by Gasteiger charge is -2.15. The molecule has 0 aliphatic heterocycles. The van der Waals surface area contributed by atoms with Crippen molar-refractivity contribution in [3.63, 3.8) is 0 Å². The molecule has 1 unspecified atom stereocenters. The molecule has 3 N–H and O–H groups in total. The van der Waals surface area contributed by atoms with E-state index in [1.165, 1.54) is 6.07 Å². The van der Waals surface area contributed by atoms with Gasteiger partial charge in [0.15, 0.2) is 0 Å². The first-order valence-electron chi connectivity index (χ1n) is 4.40. The molecule has 0 bridgehead atoms. The van der Waals surface area contributed by atoms with Crippen molar-refractivity contribution in [1.82, 2.24) is 5.43 Å². The molecule has 0 aliphatic carbocycles. The minimum absolute atomic E-state index is 0.171. The van der Waals surface area contributed by atoms with Gasteiger partial charge < -0.3 is 4.74 Å².